The Bertz CT molecular complexity index is 103. The van der Waals surface area contributed by atoms with Gasteiger partial charge in [0.15, 0.2) is 0 Å². The Morgan fingerprint density at radius 2 is 1.18 bits per heavy atom. The van der Waals surface area contributed by atoms with Crippen molar-refractivity contribution in [3.05, 3.63) is 6.92 Å². The van der Waals surface area contributed by atoms with E-state index in [9.17, 15) is 0 Å². The third kappa shape index (κ3) is 19.5. The van der Waals surface area contributed by atoms with Gasteiger partial charge in [-0.15, -0.1) is 0 Å². The van der Waals surface area contributed by atoms with Crippen LogP contribution >= 0.6 is 0 Å². The summed E-state index contributed by atoms with van der Waals surface area (Å²) in [7, 11) is 0. The van der Waals surface area contributed by atoms with E-state index in [4.69, 9.17) is 4.74 Å². The predicted octanol–water partition coefficient (Wildman–Crippen LogP) is 2.15. The first-order chi connectivity index (χ1) is 7.91. The average Bonchev–Trinajstić information content (AvgIpc) is 2.31. The van der Waals surface area contributed by atoms with Gasteiger partial charge in [0, 0.05) is 13.2 Å². The zero-order valence-corrected chi connectivity index (χ0v) is 14.3. The van der Waals surface area contributed by atoms with Gasteiger partial charge >= 0.3 is 29.6 Å². The fraction of sp³-hybridized carbons (Fsp3) is 0.933. The molecule has 0 N–H and O–H groups in total. The van der Waals surface area contributed by atoms with Crippen LogP contribution in [-0.4, -0.2) is 13.2 Å². The molecule has 0 fully saturated rings. The molecule has 0 heterocycles. The van der Waals surface area contributed by atoms with Gasteiger partial charge < -0.3 is 11.7 Å². The minimum absolute atomic E-state index is 0. The van der Waals surface area contributed by atoms with Crippen LogP contribution in [0.5, 0.6) is 0 Å². The van der Waals surface area contributed by atoms with Crippen LogP contribution in [0.2, 0.25) is 0 Å². The molecule has 0 bridgehead atoms. The summed E-state index contributed by atoms with van der Waals surface area (Å²) in [5, 5.41) is 0. The Hall–Kier alpha value is 0.960. The van der Waals surface area contributed by atoms with Crippen molar-refractivity contribution in [3.63, 3.8) is 0 Å². The van der Waals surface area contributed by atoms with Gasteiger partial charge in [0.05, 0.1) is 0 Å². The van der Waals surface area contributed by atoms with Gasteiger partial charge in [-0.3, -0.25) is 0 Å². The van der Waals surface area contributed by atoms with Gasteiger partial charge in [-0.05, 0) is 6.42 Å². The van der Waals surface area contributed by atoms with Crippen molar-refractivity contribution in [1.82, 2.24) is 0 Å². The molecule has 0 radical (unpaired) electrons. The average molecular weight is 250 g/mol. The summed E-state index contributed by atoms with van der Waals surface area (Å²) < 4.78 is 5.39. The van der Waals surface area contributed by atoms with Crippen LogP contribution in [0.25, 0.3) is 0 Å². The van der Waals surface area contributed by atoms with Crippen LogP contribution in [0.3, 0.4) is 0 Å². The molecule has 2 heteroatoms. The second-order valence-electron chi connectivity index (χ2n) is 4.65. The van der Waals surface area contributed by atoms with Gasteiger partial charge in [0.25, 0.3) is 0 Å². The molecule has 0 rings (SSSR count). The largest absolute Gasteiger partial charge is 1.00 e. The predicted molar refractivity (Wildman–Crippen MR) is 72.6 cm³/mol. The summed E-state index contributed by atoms with van der Waals surface area (Å²) in [6.07, 6.45) is 14.8. The van der Waals surface area contributed by atoms with Crippen LogP contribution in [-0.2, 0) is 4.74 Å². The number of rotatable bonds is 13. The molecule has 0 atom stereocenters. The van der Waals surface area contributed by atoms with Crippen molar-refractivity contribution >= 4 is 0 Å². The van der Waals surface area contributed by atoms with Crippen molar-refractivity contribution < 1.29 is 34.3 Å². The molecule has 1 nitrogen and oxygen atoms in total. The third-order valence-electron chi connectivity index (χ3n) is 2.93. The van der Waals surface area contributed by atoms with Crippen molar-refractivity contribution in [3.8, 4) is 0 Å². The minimum atomic E-state index is 0. The van der Waals surface area contributed by atoms with E-state index in [0.717, 1.165) is 19.6 Å². The van der Waals surface area contributed by atoms with E-state index in [1.807, 2.05) is 0 Å². The summed E-state index contributed by atoms with van der Waals surface area (Å²) >= 11 is 0. The van der Waals surface area contributed by atoms with Crippen molar-refractivity contribution in [2.75, 3.05) is 13.2 Å². The molecule has 98 valence electrons. The van der Waals surface area contributed by atoms with E-state index in [0.29, 0.717) is 0 Å². The maximum absolute atomic E-state index is 5.39. The monoisotopic (exact) mass is 250 g/mol. The fourth-order valence-corrected chi connectivity index (χ4v) is 1.90. The summed E-state index contributed by atoms with van der Waals surface area (Å²) in [4.78, 5) is 0. The molecule has 0 amide bonds. The van der Waals surface area contributed by atoms with Gasteiger partial charge in [0.2, 0.25) is 0 Å². The Kier molecular flexibility index (Phi) is 23.0. The first-order valence-electron chi connectivity index (χ1n) is 7.28. The summed E-state index contributed by atoms with van der Waals surface area (Å²) in [5.41, 5.74) is 0. The quantitative estimate of drug-likeness (QED) is 0.276. The van der Waals surface area contributed by atoms with Crippen LogP contribution < -0.4 is 29.6 Å². The van der Waals surface area contributed by atoms with E-state index in [1.165, 1.54) is 64.2 Å². The number of unbranched alkanes of at least 4 members (excludes halogenated alkanes) is 9. The van der Waals surface area contributed by atoms with Crippen LogP contribution in [0.15, 0.2) is 0 Å². The molecule has 0 saturated heterocycles. The smallest absolute Gasteiger partial charge is 0.384 e. The molecule has 0 aromatic carbocycles. The van der Waals surface area contributed by atoms with E-state index in [-0.39, 0.29) is 29.6 Å². The van der Waals surface area contributed by atoms with Gasteiger partial charge in [-0.2, -0.15) is 6.42 Å². The molecule has 0 aliphatic rings. The molecule has 17 heavy (non-hydrogen) atoms. The molecular formula is C15H31NaO. The summed E-state index contributed by atoms with van der Waals surface area (Å²) in [6.45, 7) is 7.79. The molecule has 0 spiro atoms. The van der Waals surface area contributed by atoms with Crippen LogP contribution in [0, 0.1) is 6.92 Å². The SMILES string of the molecule is [CH2-]CCOCCCCCCCCCCCC.[Na+]. The Balaban J connectivity index is 0. The topological polar surface area (TPSA) is 9.23 Å². The molecule has 0 aliphatic carbocycles. The number of hydrogen-bond acceptors (Lipinski definition) is 1. The molecule has 0 aromatic heterocycles. The summed E-state index contributed by atoms with van der Waals surface area (Å²) in [5.74, 6) is 0. The van der Waals surface area contributed by atoms with Crippen molar-refractivity contribution in [1.29, 1.82) is 0 Å². The van der Waals surface area contributed by atoms with Gasteiger partial charge in [0.1, 0.15) is 0 Å². The van der Waals surface area contributed by atoms with E-state index >= 15 is 0 Å². The first kappa shape index (κ1) is 20.3. The summed E-state index contributed by atoms with van der Waals surface area (Å²) in [6, 6.07) is 0. The standard InChI is InChI=1S/C15H31O.Na/c1-3-5-6-7-8-9-10-11-12-13-15-16-14-4-2;/h2-15H2,1H3;/q-1;+1. The Morgan fingerprint density at radius 1 is 0.706 bits per heavy atom. The number of ether oxygens (including phenoxy) is 1. The third-order valence-corrected chi connectivity index (χ3v) is 2.93. The zero-order valence-electron chi connectivity index (χ0n) is 12.3. The molecule has 0 aliphatic heterocycles. The van der Waals surface area contributed by atoms with Crippen LogP contribution in [0.1, 0.15) is 77.6 Å². The molecule has 0 aromatic rings. The van der Waals surface area contributed by atoms with Crippen molar-refractivity contribution in [2.24, 2.45) is 0 Å². The second-order valence-corrected chi connectivity index (χ2v) is 4.65. The maximum atomic E-state index is 5.39. The molecule has 0 unspecified atom stereocenters. The van der Waals surface area contributed by atoms with E-state index in [2.05, 4.69) is 13.8 Å². The number of hydrogen-bond donors (Lipinski definition) is 0. The minimum Gasteiger partial charge on any atom is -0.384 e. The first-order valence-corrected chi connectivity index (χ1v) is 7.28. The van der Waals surface area contributed by atoms with Gasteiger partial charge in [-0.1, -0.05) is 64.7 Å². The van der Waals surface area contributed by atoms with E-state index in [1.54, 1.807) is 0 Å². The second kappa shape index (κ2) is 19.3. The molecule has 0 saturated carbocycles. The Labute approximate surface area is 131 Å². The molecular weight excluding hydrogens is 219 g/mol. The normalized spacial score (nSPS) is 10.2. The van der Waals surface area contributed by atoms with E-state index < -0.39 is 0 Å². The van der Waals surface area contributed by atoms with Crippen LogP contribution in [0.4, 0.5) is 0 Å². The fourth-order valence-electron chi connectivity index (χ4n) is 1.90. The maximum Gasteiger partial charge on any atom is 1.00 e. The Morgan fingerprint density at radius 3 is 1.65 bits per heavy atom. The zero-order chi connectivity index (χ0) is 11.9. The van der Waals surface area contributed by atoms with Crippen molar-refractivity contribution in [2.45, 2.75) is 77.6 Å². The van der Waals surface area contributed by atoms with Gasteiger partial charge in [-0.25, -0.2) is 0 Å².